The lowest BCUT2D eigenvalue weighted by Crippen LogP contribution is -2.24. The molecule has 0 heterocycles. The van der Waals surface area contributed by atoms with Crippen molar-refractivity contribution in [2.45, 2.75) is 33.2 Å². The molecule has 0 aromatic heterocycles. The molecule has 1 unspecified atom stereocenters. The standard InChI is InChI=1S/C18H21Cl2N/c1-4-10-21-18(14-11-12(2)8-9-13(14)3)17-15(19)6-5-7-16(17)20/h5-9,11,18,21H,4,10H2,1-3H3. The van der Waals surface area contributed by atoms with Crippen molar-refractivity contribution in [1.82, 2.24) is 5.32 Å². The zero-order valence-corrected chi connectivity index (χ0v) is 14.2. The van der Waals surface area contributed by atoms with E-state index in [0.29, 0.717) is 10.0 Å². The Morgan fingerprint density at radius 3 is 2.33 bits per heavy atom. The van der Waals surface area contributed by atoms with Crippen molar-refractivity contribution in [2.75, 3.05) is 6.54 Å². The third-order valence-electron chi connectivity index (χ3n) is 3.63. The number of rotatable bonds is 5. The Labute approximate surface area is 137 Å². The van der Waals surface area contributed by atoms with E-state index in [1.807, 2.05) is 18.2 Å². The topological polar surface area (TPSA) is 12.0 Å². The van der Waals surface area contributed by atoms with Gasteiger partial charge in [0.05, 0.1) is 6.04 Å². The lowest BCUT2D eigenvalue weighted by atomic mass is 9.93. The average molecular weight is 322 g/mol. The van der Waals surface area contributed by atoms with Crippen molar-refractivity contribution in [3.63, 3.8) is 0 Å². The molecule has 112 valence electrons. The van der Waals surface area contributed by atoms with Gasteiger partial charge in [0.1, 0.15) is 0 Å². The second-order valence-electron chi connectivity index (χ2n) is 5.38. The van der Waals surface area contributed by atoms with Crippen LogP contribution in [0.15, 0.2) is 36.4 Å². The van der Waals surface area contributed by atoms with Crippen LogP contribution in [0, 0.1) is 13.8 Å². The van der Waals surface area contributed by atoms with Crippen molar-refractivity contribution >= 4 is 23.2 Å². The first-order valence-electron chi connectivity index (χ1n) is 7.29. The molecule has 0 amide bonds. The summed E-state index contributed by atoms with van der Waals surface area (Å²) in [7, 11) is 0. The van der Waals surface area contributed by atoms with Crippen LogP contribution in [0.3, 0.4) is 0 Å². The molecular weight excluding hydrogens is 301 g/mol. The van der Waals surface area contributed by atoms with Crippen molar-refractivity contribution < 1.29 is 0 Å². The van der Waals surface area contributed by atoms with Crippen LogP contribution in [0.1, 0.15) is 41.6 Å². The van der Waals surface area contributed by atoms with Crippen molar-refractivity contribution in [3.8, 4) is 0 Å². The summed E-state index contributed by atoms with van der Waals surface area (Å²) in [5, 5.41) is 4.99. The molecule has 3 heteroatoms. The van der Waals surface area contributed by atoms with Gasteiger partial charge < -0.3 is 5.32 Å². The Morgan fingerprint density at radius 1 is 1.05 bits per heavy atom. The number of hydrogen-bond acceptors (Lipinski definition) is 1. The molecule has 2 rings (SSSR count). The smallest absolute Gasteiger partial charge is 0.0609 e. The van der Waals surface area contributed by atoms with E-state index in [9.17, 15) is 0 Å². The third-order valence-corrected chi connectivity index (χ3v) is 4.29. The largest absolute Gasteiger partial charge is 0.306 e. The van der Waals surface area contributed by atoms with Crippen LogP contribution in [0.25, 0.3) is 0 Å². The highest BCUT2D eigenvalue weighted by molar-refractivity contribution is 6.36. The first-order chi connectivity index (χ1) is 10.0. The van der Waals surface area contributed by atoms with Gasteiger partial charge in [-0.1, -0.05) is 60.0 Å². The quantitative estimate of drug-likeness (QED) is 0.744. The Morgan fingerprint density at radius 2 is 1.71 bits per heavy atom. The van der Waals surface area contributed by atoms with Crippen molar-refractivity contribution in [1.29, 1.82) is 0 Å². The van der Waals surface area contributed by atoms with Crippen LogP contribution in [0.4, 0.5) is 0 Å². The van der Waals surface area contributed by atoms with Gasteiger partial charge in [-0.2, -0.15) is 0 Å². The number of aryl methyl sites for hydroxylation is 2. The van der Waals surface area contributed by atoms with E-state index in [1.54, 1.807) is 0 Å². The first-order valence-corrected chi connectivity index (χ1v) is 8.04. The molecule has 21 heavy (non-hydrogen) atoms. The molecule has 1 nitrogen and oxygen atoms in total. The average Bonchev–Trinajstić information content (AvgIpc) is 2.45. The molecule has 0 aliphatic rings. The van der Waals surface area contributed by atoms with Gasteiger partial charge in [0.25, 0.3) is 0 Å². The zero-order chi connectivity index (χ0) is 15.4. The van der Waals surface area contributed by atoms with E-state index in [0.717, 1.165) is 18.5 Å². The van der Waals surface area contributed by atoms with Crippen LogP contribution >= 0.6 is 23.2 Å². The van der Waals surface area contributed by atoms with Gasteiger partial charge in [0.2, 0.25) is 0 Å². The van der Waals surface area contributed by atoms with E-state index in [-0.39, 0.29) is 6.04 Å². The minimum atomic E-state index is 0.0195. The predicted molar refractivity (Wildman–Crippen MR) is 92.5 cm³/mol. The highest BCUT2D eigenvalue weighted by Gasteiger charge is 2.21. The van der Waals surface area contributed by atoms with E-state index in [2.05, 4.69) is 44.3 Å². The fourth-order valence-electron chi connectivity index (χ4n) is 2.51. The van der Waals surface area contributed by atoms with Gasteiger partial charge in [-0.3, -0.25) is 0 Å². The Kier molecular flexibility index (Phi) is 5.69. The molecule has 0 aliphatic carbocycles. The fourth-order valence-corrected chi connectivity index (χ4v) is 3.13. The summed E-state index contributed by atoms with van der Waals surface area (Å²) in [4.78, 5) is 0. The molecule has 2 aromatic carbocycles. The van der Waals surface area contributed by atoms with Crippen molar-refractivity contribution in [3.05, 3.63) is 68.7 Å². The minimum Gasteiger partial charge on any atom is -0.306 e. The fraction of sp³-hybridized carbons (Fsp3) is 0.333. The van der Waals surface area contributed by atoms with Crippen molar-refractivity contribution in [2.24, 2.45) is 0 Å². The molecule has 0 spiro atoms. The highest BCUT2D eigenvalue weighted by Crippen LogP contribution is 2.35. The van der Waals surface area contributed by atoms with Crippen LogP contribution in [-0.2, 0) is 0 Å². The number of hydrogen-bond donors (Lipinski definition) is 1. The summed E-state index contributed by atoms with van der Waals surface area (Å²) in [6, 6.07) is 12.2. The Bertz CT molecular complexity index is 602. The lowest BCUT2D eigenvalue weighted by molar-refractivity contribution is 0.596. The van der Waals surface area contributed by atoms with Crippen LogP contribution in [-0.4, -0.2) is 6.54 Å². The van der Waals surface area contributed by atoms with Gasteiger partial charge in [-0.15, -0.1) is 0 Å². The first kappa shape index (κ1) is 16.4. The number of nitrogens with one attached hydrogen (secondary N) is 1. The summed E-state index contributed by atoms with van der Waals surface area (Å²) in [5.74, 6) is 0. The van der Waals surface area contributed by atoms with Gasteiger partial charge in [-0.05, 0) is 50.1 Å². The summed E-state index contributed by atoms with van der Waals surface area (Å²) in [6.07, 6.45) is 1.06. The lowest BCUT2D eigenvalue weighted by Gasteiger charge is -2.24. The molecule has 2 aromatic rings. The summed E-state index contributed by atoms with van der Waals surface area (Å²) in [5.41, 5.74) is 4.67. The van der Waals surface area contributed by atoms with Gasteiger partial charge in [0.15, 0.2) is 0 Å². The molecule has 0 saturated heterocycles. The van der Waals surface area contributed by atoms with Crippen LogP contribution < -0.4 is 5.32 Å². The third kappa shape index (κ3) is 3.79. The van der Waals surface area contributed by atoms with Crippen LogP contribution in [0.5, 0.6) is 0 Å². The second-order valence-corrected chi connectivity index (χ2v) is 6.20. The van der Waals surface area contributed by atoms with Gasteiger partial charge in [-0.25, -0.2) is 0 Å². The Balaban J connectivity index is 2.55. The summed E-state index contributed by atoms with van der Waals surface area (Å²) >= 11 is 12.8. The minimum absolute atomic E-state index is 0.0195. The zero-order valence-electron chi connectivity index (χ0n) is 12.7. The number of benzene rings is 2. The molecule has 0 radical (unpaired) electrons. The SMILES string of the molecule is CCCNC(c1cc(C)ccc1C)c1c(Cl)cccc1Cl. The molecule has 1 N–H and O–H groups in total. The monoisotopic (exact) mass is 321 g/mol. The van der Waals surface area contributed by atoms with E-state index in [1.165, 1.54) is 16.7 Å². The van der Waals surface area contributed by atoms with E-state index in [4.69, 9.17) is 23.2 Å². The maximum Gasteiger partial charge on any atom is 0.0609 e. The maximum absolute atomic E-state index is 6.42. The molecule has 0 bridgehead atoms. The number of halogens is 2. The van der Waals surface area contributed by atoms with Gasteiger partial charge in [0, 0.05) is 15.6 Å². The molecule has 0 saturated carbocycles. The molecule has 1 atom stereocenters. The van der Waals surface area contributed by atoms with Crippen LogP contribution in [0.2, 0.25) is 10.0 Å². The molecular formula is C18H21Cl2N. The van der Waals surface area contributed by atoms with E-state index < -0.39 is 0 Å². The molecule has 0 fully saturated rings. The van der Waals surface area contributed by atoms with Gasteiger partial charge >= 0.3 is 0 Å². The predicted octanol–water partition coefficient (Wildman–Crippen LogP) is 5.70. The second kappa shape index (κ2) is 7.31. The summed E-state index contributed by atoms with van der Waals surface area (Å²) < 4.78 is 0. The summed E-state index contributed by atoms with van der Waals surface area (Å²) in [6.45, 7) is 7.30. The Hall–Kier alpha value is -1.02. The highest BCUT2D eigenvalue weighted by atomic mass is 35.5. The van der Waals surface area contributed by atoms with E-state index >= 15 is 0 Å². The normalized spacial score (nSPS) is 12.4. The molecule has 0 aliphatic heterocycles. The maximum atomic E-state index is 6.42.